The smallest absolute Gasteiger partial charge is 0.303 e. The Morgan fingerprint density at radius 1 is 1.17 bits per heavy atom. The monoisotopic (exact) mass is 329 g/mol. The van der Waals surface area contributed by atoms with Crippen LogP contribution in [0.15, 0.2) is 36.4 Å². The van der Waals surface area contributed by atoms with Crippen molar-refractivity contribution in [3.05, 3.63) is 42.0 Å². The zero-order valence-electron chi connectivity index (χ0n) is 14.3. The van der Waals surface area contributed by atoms with Gasteiger partial charge < -0.3 is 14.7 Å². The predicted molar refractivity (Wildman–Crippen MR) is 93.4 cm³/mol. The van der Waals surface area contributed by atoms with Gasteiger partial charge in [-0.3, -0.25) is 9.59 Å². The molecule has 5 nitrogen and oxygen atoms in total. The summed E-state index contributed by atoms with van der Waals surface area (Å²) < 4.78 is 5.22. The third-order valence-electron chi connectivity index (χ3n) is 4.20. The minimum absolute atomic E-state index is 0.00625. The lowest BCUT2D eigenvalue weighted by molar-refractivity contribution is -0.138. The van der Waals surface area contributed by atoms with Gasteiger partial charge in [-0.15, -0.1) is 0 Å². The molecule has 24 heavy (non-hydrogen) atoms. The highest BCUT2D eigenvalue weighted by molar-refractivity contribution is 5.88. The van der Waals surface area contributed by atoms with E-state index in [0.717, 1.165) is 22.1 Å². The number of rotatable bonds is 7. The van der Waals surface area contributed by atoms with E-state index in [1.54, 1.807) is 19.1 Å². The second kappa shape index (κ2) is 7.81. The lowest BCUT2D eigenvalue weighted by atomic mass is 9.96. The van der Waals surface area contributed by atoms with Crippen molar-refractivity contribution < 1.29 is 19.4 Å². The molecule has 0 aliphatic heterocycles. The van der Waals surface area contributed by atoms with Crippen molar-refractivity contribution in [2.24, 2.45) is 0 Å². The van der Waals surface area contributed by atoms with Gasteiger partial charge in [-0.2, -0.15) is 0 Å². The zero-order valence-corrected chi connectivity index (χ0v) is 14.3. The van der Waals surface area contributed by atoms with Crippen molar-refractivity contribution >= 4 is 22.6 Å². The van der Waals surface area contributed by atoms with Crippen molar-refractivity contribution in [1.82, 2.24) is 4.90 Å². The first-order valence-electron chi connectivity index (χ1n) is 7.97. The summed E-state index contributed by atoms with van der Waals surface area (Å²) in [5, 5.41) is 10.8. The van der Waals surface area contributed by atoms with Gasteiger partial charge in [0.15, 0.2) is 0 Å². The topological polar surface area (TPSA) is 66.8 Å². The molecule has 0 bridgehead atoms. The maximum atomic E-state index is 12.5. The average molecular weight is 329 g/mol. The summed E-state index contributed by atoms with van der Waals surface area (Å²) in [5.41, 5.74) is 0.947. The fourth-order valence-electron chi connectivity index (χ4n) is 2.69. The first-order chi connectivity index (χ1) is 11.4. The lowest BCUT2D eigenvalue weighted by Gasteiger charge is -2.21. The summed E-state index contributed by atoms with van der Waals surface area (Å²) in [6.07, 6.45) is 0.533. The number of benzene rings is 2. The number of aliphatic carboxylic acids is 1. The van der Waals surface area contributed by atoms with E-state index in [1.807, 2.05) is 43.3 Å². The van der Waals surface area contributed by atoms with Crippen LogP contribution in [0.5, 0.6) is 5.75 Å². The van der Waals surface area contributed by atoms with Gasteiger partial charge in [0.25, 0.3) is 0 Å². The summed E-state index contributed by atoms with van der Waals surface area (Å²) in [7, 11) is 3.35. The van der Waals surface area contributed by atoms with E-state index >= 15 is 0 Å². The normalized spacial score (nSPS) is 12.0. The first-order valence-corrected chi connectivity index (χ1v) is 7.97. The van der Waals surface area contributed by atoms with Crippen LogP contribution in [0.3, 0.4) is 0 Å². The van der Waals surface area contributed by atoms with Gasteiger partial charge in [0.2, 0.25) is 5.91 Å². The number of hydrogen-bond donors (Lipinski definition) is 1. The Kier molecular flexibility index (Phi) is 5.79. The minimum atomic E-state index is -0.839. The number of nitrogens with zero attached hydrogens (tertiary/aromatic N) is 1. The zero-order chi connectivity index (χ0) is 17.7. The number of hydrogen-bond acceptors (Lipinski definition) is 3. The molecular weight excluding hydrogens is 306 g/mol. The highest BCUT2D eigenvalue weighted by atomic mass is 16.5. The number of methoxy groups -OCH3 is 1. The van der Waals surface area contributed by atoms with E-state index in [9.17, 15) is 9.59 Å². The molecule has 1 N–H and O–H groups in total. The van der Waals surface area contributed by atoms with Gasteiger partial charge >= 0.3 is 5.97 Å². The molecule has 0 heterocycles. The van der Waals surface area contributed by atoms with E-state index in [-0.39, 0.29) is 18.2 Å². The second-order valence-corrected chi connectivity index (χ2v) is 5.95. The van der Waals surface area contributed by atoms with Gasteiger partial charge in [0.05, 0.1) is 13.0 Å². The van der Waals surface area contributed by atoms with Crippen molar-refractivity contribution in [2.45, 2.75) is 25.7 Å². The molecule has 1 amide bonds. The van der Waals surface area contributed by atoms with Crippen molar-refractivity contribution in [3.63, 3.8) is 0 Å². The molecule has 0 aromatic heterocycles. The Morgan fingerprint density at radius 3 is 2.50 bits per heavy atom. The molecule has 5 heteroatoms. The van der Waals surface area contributed by atoms with Crippen molar-refractivity contribution in [3.8, 4) is 5.75 Å². The molecule has 0 saturated heterocycles. The number of carboxylic acids is 1. The van der Waals surface area contributed by atoms with Crippen molar-refractivity contribution in [1.29, 1.82) is 0 Å². The molecule has 2 rings (SSSR count). The van der Waals surface area contributed by atoms with Crippen LogP contribution in [0.2, 0.25) is 0 Å². The fourth-order valence-corrected chi connectivity index (χ4v) is 2.69. The molecule has 0 spiro atoms. The van der Waals surface area contributed by atoms with Crippen LogP contribution in [-0.4, -0.2) is 42.6 Å². The molecule has 0 radical (unpaired) electrons. The van der Waals surface area contributed by atoms with Crippen molar-refractivity contribution in [2.75, 3.05) is 20.7 Å². The Bertz CT molecular complexity index is 741. The molecule has 2 aromatic rings. The average Bonchev–Trinajstić information content (AvgIpc) is 2.59. The number of ether oxygens (including phenoxy) is 1. The number of amides is 1. The van der Waals surface area contributed by atoms with Crippen LogP contribution in [-0.2, 0) is 9.59 Å². The molecule has 0 aliphatic rings. The SMILES string of the molecule is COc1ccc2cc([C@H](C)C(=O)N(C)CCCC(=O)O)ccc2c1. The molecule has 0 saturated carbocycles. The second-order valence-electron chi connectivity index (χ2n) is 5.95. The number of carbonyl (C=O) groups excluding carboxylic acids is 1. The summed E-state index contributed by atoms with van der Waals surface area (Å²) in [6.45, 7) is 2.32. The van der Waals surface area contributed by atoms with Gasteiger partial charge in [-0.25, -0.2) is 0 Å². The molecule has 0 unspecified atom stereocenters. The highest BCUT2D eigenvalue weighted by Crippen LogP contribution is 2.26. The van der Waals surface area contributed by atoms with E-state index in [1.165, 1.54) is 0 Å². The van der Waals surface area contributed by atoms with Crippen LogP contribution in [0.25, 0.3) is 10.8 Å². The number of carboxylic acid groups (broad SMARTS) is 1. The molecule has 0 fully saturated rings. The van der Waals surface area contributed by atoms with E-state index in [2.05, 4.69) is 0 Å². The standard InChI is InChI=1S/C19H23NO4/c1-13(19(23)20(2)10-4-5-18(21)22)14-6-7-16-12-17(24-3)9-8-15(16)11-14/h6-9,11-13H,4-5,10H2,1-3H3,(H,21,22)/t13-/m0/s1. The summed E-state index contributed by atoms with van der Waals surface area (Å²) in [6, 6.07) is 11.8. The Morgan fingerprint density at radius 2 is 1.83 bits per heavy atom. The molecule has 1 atom stereocenters. The van der Waals surface area contributed by atoms with E-state index in [4.69, 9.17) is 9.84 Å². The lowest BCUT2D eigenvalue weighted by Crippen LogP contribution is -2.31. The fraction of sp³-hybridized carbons (Fsp3) is 0.368. The number of fused-ring (bicyclic) bond motifs is 1. The Labute approximate surface area is 141 Å². The quantitative estimate of drug-likeness (QED) is 0.846. The molecule has 2 aromatic carbocycles. The largest absolute Gasteiger partial charge is 0.497 e. The summed E-state index contributed by atoms with van der Waals surface area (Å²) >= 11 is 0. The molecule has 0 aliphatic carbocycles. The minimum Gasteiger partial charge on any atom is -0.497 e. The summed E-state index contributed by atoms with van der Waals surface area (Å²) in [5.74, 6) is -0.314. The van der Waals surface area contributed by atoms with Crippen LogP contribution >= 0.6 is 0 Å². The van der Waals surface area contributed by atoms with E-state index in [0.29, 0.717) is 13.0 Å². The highest BCUT2D eigenvalue weighted by Gasteiger charge is 2.19. The summed E-state index contributed by atoms with van der Waals surface area (Å²) in [4.78, 5) is 24.7. The molecule has 128 valence electrons. The van der Waals surface area contributed by atoms with Gasteiger partial charge in [0.1, 0.15) is 5.75 Å². The predicted octanol–water partition coefficient (Wildman–Crippen LogP) is 3.28. The Hall–Kier alpha value is -2.56. The maximum absolute atomic E-state index is 12.5. The number of carbonyl (C=O) groups is 2. The van der Waals surface area contributed by atoms with E-state index < -0.39 is 5.97 Å². The van der Waals surface area contributed by atoms with Gasteiger partial charge in [0, 0.05) is 20.0 Å². The maximum Gasteiger partial charge on any atom is 0.303 e. The van der Waals surface area contributed by atoms with Crippen LogP contribution in [0.1, 0.15) is 31.2 Å². The number of likely N-dealkylation sites (N-methyl/N-ethyl adjacent to an activating group) is 1. The van der Waals surface area contributed by atoms with Crippen LogP contribution < -0.4 is 4.74 Å². The van der Waals surface area contributed by atoms with Gasteiger partial charge in [-0.1, -0.05) is 24.3 Å². The third-order valence-corrected chi connectivity index (χ3v) is 4.20. The first kappa shape index (κ1) is 17.8. The molecular formula is C19H23NO4. The van der Waals surface area contributed by atoms with Crippen LogP contribution in [0.4, 0.5) is 0 Å². The van der Waals surface area contributed by atoms with Crippen LogP contribution in [0, 0.1) is 0 Å². The third kappa shape index (κ3) is 4.25. The Balaban J connectivity index is 2.10. The van der Waals surface area contributed by atoms with Gasteiger partial charge in [-0.05, 0) is 41.8 Å².